The first kappa shape index (κ1) is 18.8. The van der Waals surface area contributed by atoms with Gasteiger partial charge in [-0.15, -0.1) is 0 Å². The normalized spacial score (nSPS) is 16.0. The zero-order chi connectivity index (χ0) is 19.6. The van der Waals surface area contributed by atoms with Crippen LogP contribution in [-0.2, 0) is 10.0 Å². The van der Waals surface area contributed by atoms with E-state index in [1.165, 1.54) is 22.5 Å². The topological polar surface area (TPSA) is 110 Å². The fourth-order valence-electron chi connectivity index (χ4n) is 3.04. The van der Waals surface area contributed by atoms with E-state index >= 15 is 0 Å². The first-order valence-electron chi connectivity index (χ1n) is 8.45. The molecule has 142 valence electrons. The summed E-state index contributed by atoms with van der Waals surface area (Å²) < 4.78 is 25.9. The summed E-state index contributed by atoms with van der Waals surface area (Å²) in [4.78, 5) is 22.7. The molecule has 1 amide bonds. The Bertz CT molecular complexity index is 1000. The average molecular weight is 389 g/mol. The van der Waals surface area contributed by atoms with Crippen molar-refractivity contribution in [2.75, 3.05) is 21.9 Å². The molecule has 1 saturated heterocycles. The second-order valence-electron chi connectivity index (χ2n) is 6.36. The number of nitro groups is 1. The molecule has 0 aliphatic carbocycles. The molecule has 0 aromatic heterocycles. The van der Waals surface area contributed by atoms with E-state index in [1.54, 1.807) is 31.2 Å². The number of hydrogen-bond donors (Lipinski definition) is 1. The van der Waals surface area contributed by atoms with Crippen molar-refractivity contribution < 1.29 is 18.1 Å². The summed E-state index contributed by atoms with van der Waals surface area (Å²) in [5, 5.41) is 13.5. The van der Waals surface area contributed by atoms with Crippen LogP contribution in [0.4, 0.5) is 17.1 Å². The van der Waals surface area contributed by atoms with Gasteiger partial charge >= 0.3 is 0 Å². The average Bonchev–Trinajstić information content (AvgIpc) is 2.62. The van der Waals surface area contributed by atoms with E-state index in [0.717, 1.165) is 6.42 Å². The first-order valence-corrected chi connectivity index (χ1v) is 10.1. The van der Waals surface area contributed by atoms with E-state index in [9.17, 15) is 23.3 Å². The molecule has 0 bridgehead atoms. The molecule has 3 rings (SSSR count). The van der Waals surface area contributed by atoms with Gasteiger partial charge in [0.05, 0.1) is 16.4 Å². The Morgan fingerprint density at radius 1 is 1.19 bits per heavy atom. The number of sulfonamides is 1. The minimum Gasteiger partial charge on any atom is -0.322 e. The smallest absolute Gasteiger partial charge is 0.271 e. The molecule has 1 N–H and O–H groups in total. The predicted molar refractivity (Wildman–Crippen MR) is 103 cm³/mol. The van der Waals surface area contributed by atoms with E-state index in [4.69, 9.17) is 0 Å². The molecule has 0 spiro atoms. The summed E-state index contributed by atoms with van der Waals surface area (Å²) in [6.45, 7) is 2.19. The van der Waals surface area contributed by atoms with Crippen LogP contribution in [0.3, 0.4) is 0 Å². The number of anilines is 2. The van der Waals surface area contributed by atoms with Crippen LogP contribution in [0.25, 0.3) is 0 Å². The summed E-state index contributed by atoms with van der Waals surface area (Å²) in [5.74, 6) is -0.298. The molecule has 2 aromatic rings. The number of nitrogens with zero attached hydrogens (tertiary/aromatic N) is 2. The fraction of sp³-hybridized carbons (Fsp3) is 0.278. The highest BCUT2D eigenvalue weighted by Crippen LogP contribution is 2.28. The van der Waals surface area contributed by atoms with Crippen molar-refractivity contribution in [2.45, 2.75) is 19.8 Å². The van der Waals surface area contributed by atoms with Gasteiger partial charge in [0.15, 0.2) is 0 Å². The number of nitro benzene ring substituents is 1. The van der Waals surface area contributed by atoms with E-state index in [2.05, 4.69) is 5.32 Å². The number of hydrogen-bond acceptors (Lipinski definition) is 5. The molecule has 0 radical (unpaired) electrons. The lowest BCUT2D eigenvalue weighted by Crippen LogP contribution is -2.38. The summed E-state index contributed by atoms with van der Waals surface area (Å²) in [6.07, 6.45) is 1.45. The van der Waals surface area contributed by atoms with Crippen molar-refractivity contribution in [2.24, 2.45) is 0 Å². The van der Waals surface area contributed by atoms with Crippen LogP contribution in [0.5, 0.6) is 0 Å². The quantitative estimate of drug-likeness (QED) is 0.638. The molecule has 8 nitrogen and oxygen atoms in total. The molecular weight excluding hydrogens is 370 g/mol. The third kappa shape index (κ3) is 4.08. The Kier molecular flexibility index (Phi) is 5.13. The minimum atomic E-state index is -3.32. The Morgan fingerprint density at radius 2 is 1.96 bits per heavy atom. The molecule has 27 heavy (non-hydrogen) atoms. The zero-order valence-electron chi connectivity index (χ0n) is 14.7. The molecule has 9 heteroatoms. The molecule has 0 atom stereocenters. The largest absolute Gasteiger partial charge is 0.322 e. The Balaban J connectivity index is 1.82. The van der Waals surface area contributed by atoms with Crippen molar-refractivity contribution >= 4 is 33.0 Å². The monoisotopic (exact) mass is 389 g/mol. The number of benzene rings is 2. The number of carbonyl (C=O) groups excluding carboxylic acids is 1. The van der Waals surface area contributed by atoms with Crippen molar-refractivity contribution in [1.82, 2.24) is 0 Å². The Labute approximate surface area is 157 Å². The number of rotatable bonds is 4. The number of non-ortho nitro benzene ring substituents is 1. The van der Waals surface area contributed by atoms with Gasteiger partial charge in [-0.3, -0.25) is 19.2 Å². The lowest BCUT2D eigenvalue weighted by Gasteiger charge is -2.29. The van der Waals surface area contributed by atoms with Gasteiger partial charge in [-0.1, -0.05) is 6.07 Å². The van der Waals surface area contributed by atoms with Crippen LogP contribution < -0.4 is 9.62 Å². The number of amides is 1. The number of carbonyl (C=O) groups is 1. The molecular formula is C18H19N3O5S. The van der Waals surface area contributed by atoms with Crippen LogP contribution >= 0.6 is 0 Å². The highest BCUT2D eigenvalue weighted by molar-refractivity contribution is 7.92. The lowest BCUT2D eigenvalue weighted by molar-refractivity contribution is -0.384. The summed E-state index contributed by atoms with van der Waals surface area (Å²) in [7, 11) is -3.32. The zero-order valence-corrected chi connectivity index (χ0v) is 15.5. The maximum Gasteiger partial charge on any atom is 0.271 e. The van der Waals surface area contributed by atoms with Gasteiger partial charge in [-0.05, 0) is 49.6 Å². The molecule has 1 heterocycles. The fourth-order valence-corrected chi connectivity index (χ4v) is 4.74. The standard InChI is InChI=1S/C18H19N3O5S/c1-13-11-14(7-8-17(13)20-9-2-3-10-27(20,25)26)18(22)19-15-5-4-6-16(12-15)21(23)24/h4-8,11-12H,2-3,9-10H2,1H3,(H,19,22). The van der Waals surface area contributed by atoms with E-state index in [0.29, 0.717) is 35.5 Å². The third-order valence-corrected chi connectivity index (χ3v) is 6.25. The van der Waals surface area contributed by atoms with Gasteiger partial charge in [-0.2, -0.15) is 0 Å². The maximum atomic E-state index is 12.4. The highest BCUT2D eigenvalue weighted by atomic mass is 32.2. The second kappa shape index (κ2) is 7.36. The summed E-state index contributed by atoms with van der Waals surface area (Å²) in [5.41, 5.74) is 1.79. The van der Waals surface area contributed by atoms with Crippen molar-refractivity contribution in [1.29, 1.82) is 0 Å². The SMILES string of the molecule is Cc1cc(C(=O)Nc2cccc([N+](=O)[O-])c2)ccc1N1CCCCS1(=O)=O. The van der Waals surface area contributed by atoms with Crippen LogP contribution in [-0.4, -0.2) is 31.5 Å². The molecule has 2 aromatic carbocycles. The molecule has 1 fully saturated rings. The van der Waals surface area contributed by atoms with Crippen LogP contribution in [0.1, 0.15) is 28.8 Å². The van der Waals surface area contributed by atoms with Crippen LogP contribution in [0.15, 0.2) is 42.5 Å². The number of nitrogens with one attached hydrogen (secondary N) is 1. The summed E-state index contributed by atoms with van der Waals surface area (Å²) >= 11 is 0. The Morgan fingerprint density at radius 3 is 2.63 bits per heavy atom. The van der Waals surface area contributed by atoms with Gasteiger partial charge in [0.2, 0.25) is 10.0 Å². The van der Waals surface area contributed by atoms with Crippen molar-refractivity contribution in [3.05, 3.63) is 63.7 Å². The van der Waals surface area contributed by atoms with Crippen LogP contribution in [0.2, 0.25) is 0 Å². The highest BCUT2D eigenvalue weighted by Gasteiger charge is 2.27. The van der Waals surface area contributed by atoms with Crippen molar-refractivity contribution in [3.8, 4) is 0 Å². The van der Waals surface area contributed by atoms with Gasteiger partial charge in [0.1, 0.15) is 0 Å². The predicted octanol–water partition coefficient (Wildman–Crippen LogP) is 3.09. The van der Waals surface area contributed by atoms with E-state index < -0.39 is 20.9 Å². The molecule has 0 saturated carbocycles. The molecule has 0 unspecified atom stereocenters. The Hall–Kier alpha value is -2.94. The van der Waals surface area contributed by atoms with Gasteiger partial charge < -0.3 is 5.32 Å². The van der Waals surface area contributed by atoms with Crippen LogP contribution in [0, 0.1) is 17.0 Å². The van der Waals surface area contributed by atoms with Gasteiger partial charge in [0.25, 0.3) is 11.6 Å². The van der Waals surface area contributed by atoms with E-state index in [1.807, 2.05) is 0 Å². The number of aryl methyl sites for hydroxylation is 1. The lowest BCUT2D eigenvalue weighted by atomic mass is 10.1. The first-order chi connectivity index (χ1) is 12.8. The molecule has 1 aliphatic heterocycles. The minimum absolute atomic E-state index is 0.116. The molecule has 1 aliphatic rings. The van der Waals surface area contributed by atoms with E-state index in [-0.39, 0.29) is 11.4 Å². The summed E-state index contributed by atoms with van der Waals surface area (Å²) in [6, 6.07) is 10.5. The maximum absolute atomic E-state index is 12.4. The third-order valence-electron chi connectivity index (χ3n) is 4.39. The van der Waals surface area contributed by atoms with Gasteiger partial charge in [-0.25, -0.2) is 8.42 Å². The van der Waals surface area contributed by atoms with Crippen molar-refractivity contribution in [3.63, 3.8) is 0 Å². The second-order valence-corrected chi connectivity index (χ2v) is 8.37. The van der Waals surface area contributed by atoms with Gasteiger partial charge in [0, 0.05) is 29.9 Å².